The second-order valence-corrected chi connectivity index (χ2v) is 3.16. The van der Waals surface area contributed by atoms with Crippen LogP contribution in [0.2, 0.25) is 0 Å². The zero-order valence-corrected chi connectivity index (χ0v) is 7.21. The van der Waals surface area contributed by atoms with Crippen LogP contribution < -0.4 is 4.74 Å². The molecule has 1 fully saturated rings. The lowest BCUT2D eigenvalue weighted by Crippen LogP contribution is -2.17. The first-order chi connectivity index (χ1) is 6.56. The van der Waals surface area contributed by atoms with E-state index in [1.807, 2.05) is 6.42 Å². The zero-order valence-electron chi connectivity index (χ0n) is 7.21. The van der Waals surface area contributed by atoms with E-state index in [2.05, 4.69) is 4.74 Å². The summed E-state index contributed by atoms with van der Waals surface area (Å²) in [6.07, 6.45) is -1.83. The molecule has 0 aliphatic heterocycles. The molecular weight excluding hydrogens is 193 g/mol. The van der Waals surface area contributed by atoms with Crippen LogP contribution in [0.5, 0.6) is 5.75 Å². The highest BCUT2D eigenvalue weighted by Crippen LogP contribution is 2.44. The largest absolute Gasteiger partial charge is 0.573 e. The highest BCUT2D eigenvalue weighted by atomic mass is 19.4. The summed E-state index contributed by atoms with van der Waals surface area (Å²) in [4.78, 5) is 0. The van der Waals surface area contributed by atoms with Gasteiger partial charge in [-0.15, -0.1) is 13.2 Å². The topological polar surface area (TPSA) is 9.23 Å². The van der Waals surface area contributed by atoms with Gasteiger partial charge in [0.2, 0.25) is 0 Å². The second kappa shape index (κ2) is 3.19. The number of para-hydroxylation sites is 1. The molecule has 0 spiro atoms. The molecule has 0 saturated heterocycles. The number of benzene rings is 1. The summed E-state index contributed by atoms with van der Waals surface area (Å²) in [5.74, 6) is 0.0484. The average molecular weight is 201 g/mol. The van der Waals surface area contributed by atoms with E-state index in [9.17, 15) is 13.2 Å². The van der Waals surface area contributed by atoms with Crippen LogP contribution in [0, 0.1) is 6.42 Å². The molecule has 2 rings (SSSR count). The van der Waals surface area contributed by atoms with Crippen molar-refractivity contribution in [3.63, 3.8) is 0 Å². The van der Waals surface area contributed by atoms with Gasteiger partial charge >= 0.3 is 6.36 Å². The van der Waals surface area contributed by atoms with Crippen LogP contribution in [0.4, 0.5) is 13.2 Å². The van der Waals surface area contributed by atoms with Crippen molar-refractivity contribution in [2.75, 3.05) is 0 Å². The van der Waals surface area contributed by atoms with E-state index < -0.39 is 6.36 Å². The first kappa shape index (κ1) is 9.37. The predicted octanol–water partition coefficient (Wildman–Crippen LogP) is 3.28. The van der Waals surface area contributed by atoms with Gasteiger partial charge in [0.15, 0.2) is 0 Å². The first-order valence-electron chi connectivity index (χ1n) is 4.24. The van der Waals surface area contributed by atoms with Gasteiger partial charge in [-0.05, 0) is 30.4 Å². The Morgan fingerprint density at radius 2 is 1.86 bits per heavy atom. The Bertz CT molecular complexity index is 328. The van der Waals surface area contributed by atoms with Crippen molar-refractivity contribution in [3.05, 3.63) is 36.2 Å². The summed E-state index contributed by atoms with van der Waals surface area (Å²) in [5, 5.41) is 0. The SMILES string of the molecule is FC(F)(F)Oc1ccccc1C1[CH]C1. The lowest BCUT2D eigenvalue weighted by Gasteiger charge is -2.12. The molecule has 0 bridgehead atoms. The smallest absolute Gasteiger partial charge is 0.405 e. The van der Waals surface area contributed by atoms with E-state index in [4.69, 9.17) is 0 Å². The molecule has 1 saturated carbocycles. The standard InChI is InChI=1S/C10H8F3O/c11-10(12,13)14-9-4-2-1-3-8(9)7-5-6-7/h1-5,7H,6H2. The van der Waals surface area contributed by atoms with Crippen LogP contribution in [0.3, 0.4) is 0 Å². The third kappa shape index (κ3) is 2.19. The summed E-state index contributed by atoms with van der Waals surface area (Å²) in [7, 11) is 0. The number of hydrogen-bond acceptors (Lipinski definition) is 1. The van der Waals surface area contributed by atoms with Crippen LogP contribution in [0.15, 0.2) is 24.3 Å². The monoisotopic (exact) mass is 201 g/mol. The number of hydrogen-bond donors (Lipinski definition) is 0. The lowest BCUT2D eigenvalue weighted by atomic mass is 10.1. The number of halogens is 3. The number of ether oxygens (including phenoxy) is 1. The fraction of sp³-hybridized carbons (Fsp3) is 0.300. The highest BCUT2D eigenvalue weighted by Gasteiger charge is 2.34. The van der Waals surface area contributed by atoms with Crippen LogP contribution in [-0.2, 0) is 0 Å². The van der Waals surface area contributed by atoms with E-state index in [1.165, 1.54) is 12.1 Å². The van der Waals surface area contributed by atoms with Gasteiger partial charge in [0.25, 0.3) is 0 Å². The molecule has 1 aromatic carbocycles. The molecule has 0 N–H and O–H groups in total. The second-order valence-electron chi connectivity index (χ2n) is 3.16. The minimum Gasteiger partial charge on any atom is -0.405 e. The predicted molar refractivity (Wildman–Crippen MR) is 44.8 cm³/mol. The van der Waals surface area contributed by atoms with Crippen LogP contribution >= 0.6 is 0 Å². The Balaban J connectivity index is 2.23. The molecule has 1 aliphatic carbocycles. The van der Waals surface area contributed by atoms with Crippen LogP contribution in [-0.4, -0.2) is 6.36 Å². The van der Waals surface area contributed by atoms with Crippen molar-refractivity contribution in [1.29, 1.82) is 0 Å². The van der Waals surface area contributed by atoms with Gasteiger partial charge in [-0.3, -0.25) is 0 Å². The van der Waals surface area contributed by atoms with Gasteiger partial charge in [0.05, 0.1) is 0 Å². The molecule has 75 valence electrons. The highest BCUT2D eigenvalue weighted by molar-refractivity contribution is 5.41. The average Bonchev–Trinajstić information content (AvgIpc) is 2.85. The molecule has 1 unspecified atom stereocenters. The molecule has 1 aromatic rings. The Morgan fingerprint density at radius 1 is 1.21 bits per heavy atom. The summed E-state index contributed by atoms with van der Waals surface area (Å²) in [6, 6.07) is 6.25. The van der Waals surface area contributed by atoms with Crippen molar-refractivity contribution in [2.45, 2.75) is 18.7 Å². The molecule has 0 aromatic heterocycles. The molecule has 1 nitrogen and oxygen atoms in total. The summed E-state index contributed by atoms with van der Waals surface area (Å²) in [5.41, 5.74) is 0.616. The van der Waals surface area contributed by atoms with Gasteiger partial charge < -0.3 is 4.74 Å². The molecular formula is C10H8F3O. The van der Waals surface area contributed by atoms with Crippen molar-refractivity contribution in [3.8, 4) is 5.75 Å². The van der Waals surface area contributed by atoms with Crippen LogP contribution in [0.25, 0.3) is 0 Å². The quantitative estimate of drug-likeness (QED) is 0.713. The molecule has 0 heterocycles. The lowest BCUT2D eigenvalue weighted by molar-refractivity contribution is -0.274. The zero-order chi connectivity index (χ0) is 10.2. The maximum Gasteiger partial charge on any atom is 0.573 e. The van der Waals surface area contributed by atoms with Crippen molar-refractivity contribution in [2.24, 2.45) is 0 Å². The molecule has 14 heavy (non-hydrogen) atoms. The van der Waals surface area contributed by atoms with Crippen molar-refractivity contribution < 1.29 is 17.9 Å². The number of rotatable bonds is 2. The first-order valence-corrected chi connectivity index (χ1v) is 4.24. The Labute approximate surface area is 79.5 Å². The van der Waals surface area contributed by atoms with Gasteiger partial charge in [0, 0.05) is 0 Å². The van der Waals surface area contributed by atoms with Gasteiger partial charge in [-0.2, -0.15) is 0 Å². The summed E-state index contributed by atoms with van der Waals surface area (Å²) >= 11 is 0. The van der Waals surface area contributed by atoms with E-state index in [-0.39, 0.29) is 11.7 Å². The Morgan fingerprint density at radius 3 is 2.43 bits per heavy atom. The maximum absolute atomic E-state index is 12.0. The fourth-order valence-corrected chi connectivity index (χ4v) is 1.33. The summed E-state index contributed by atoms with van der Waals surface area (Å²) in [6.45, 7) is 0. The van der Waals surface area contributed by atoms with Crippen molar-refractivity contribution in [1.82, 2.24) is 0 Å². The number of alkyl halides is 3. The van der Waals surface area contributed by atoms with E-state index in [0.29, 0.717) is 5.56 Å². The third-order valence-corrected chi connectivity index (χ3v) is 2.02. The fourth-order valence-electron chi connectivity index (χ4n) is 1.33. The normalized spacial score (nSPS) is 16.8. The summed E-state index contributed by atoms with van der Waals surface area (Å²) < 4.78 is 39.8. The molecule has 1 radical (unpaired) electrons. The Hall–Kier alpha value is -1.19. The molecule has 0 amide bonds. The third-order valence-electron chi connectivity index (χ3n) is 2.02. The van der Waals surface area contributed by atoms with Gasteiger partial charge in [-0.25, -0.2) is 0 Å². The minimum atomic E-state index is -4.61. The Kier molecular flexibility index (Phi) is 2.13. The molecule has 1 atom stereocenters. The molecule has 4 heteroatoms. The minimum absolute atomic E-state index is 0.0845. The van der Waals surface area contributed by atoms with E-state index in [1.54, 1.807) is 12.1 Å². The molecule has 1 aliphatic rings. The van der Waals surface area contributed by atoms with Crippen LogP contribution in [0.1, 0.15) is 17.9 Å². The van der Waals surface area contributed by atoms with E-state index in [0.717, 1.165) is 6.42 Å². The maximum atomic E-state index is 12.0. The van der Waals surface area contributed by atoms with Crippen molar-refractivity contribution >= 4 is 0 Å². The van der Waals surface area contributed by atoms with Gasteiger partial charge in [0.1, 0.15) is 5.75 Å². The van der Waals surface area contributed by atoms with E-state index >= 15 is 0 Å². The van der Waals surface area contributed by atoms with Gasteiger partial charge in [-0.1, -0.05) is 18.2 Å².